The first-order valence-electron chi connectivity index (χ1n) is 6.58. The minimum Gasteiger partial charge on any atom is -0.493 e. The van der Waals surface area contributed by atoms with Crippen molar-refractivity contribution in [2.75, 3.05) is 6.61 Å². The Labute approximate surface area is 118 Å². The Balaban J connectivity index is 2.00. The van der Waals surface area contributed by atoms with Crippen LogP contribution in [0.15, 0.2) is 54.6 Å². The van der Waals surface area contributed by atoms with Crippen LogP contribution in [0, 0.1) is 0 Å². The molecule has 1 amide bonds. The van der Waals surface area contributed by atoms with Crippen LogP contribution in [0.1, 0.15) is 12.8 Å². The maximum Gasteiger partial charge on any atom is 0.234 e. The van der Waals surface area contributed by atoms with Gasteiger partial charge in [-0.2, -0.15) is 0 Å². The van der Waals surface area contributed by atoms with E-state index in [1.54, 1.807) is 0 Å². The highest BCUT2D eigenvalue weighted by molar-refractivity contribution is 5.75. The van der Waals surface area contributed by atoms with E-state index in [0.29, 0.717) is 19.4 Å². The van der Waals surface area contributed by atoms with Crippen LogP contribution in [0.3, 0.4) is 0 Å². The van der Waals surface area contributed by atoms with Gasteiger partial charge in [-0.15, -0.1) is 0 Å². The number of nitrogens with one attached hydrogen (secondary N) is 1. The SMILES string of the molecule is NNC(=O)CCCOc1ccccc1-c1ccccc1. The summed E-state index contributed by atoms with van der Waals surface area (Å²) in [5, 5.41) is 0. The quantitative estimate of drug-likeness (QED) is 0.367. The fourth-order valence-corrected chi connectivity index (χ4v) is 1.94. The van der Waals surface area contributed by atoms with Crippen LogP contribution < -0.4 is 16.0 Å². The summed E-state index contributed by atoms with van der Waals surface area (Å²) in [5.41, 5.74) is 4.27. The molecule has 0 saturated carbocycles. The van der Waals surface area contributed by atoms with E-state index in [2.05, 4.69) is 5.43 Å². The molecular formula is C16H18N2O2. The smallest absolute Gasteiger partial charge is 0.234 e. The van der Waals surface area contributed by atoms with E-state index in [-0.39, 0.29) is 5.91 Å². The van der Waals surface area contributed by atoms with Crippen molar-refractivity contribution in [3.8, 4) is 16.9 Å². The monoisotopic (exact) mass is 270 g/mol. The summed E-state index contributed by atoms with van der Waals surface area (Å²) >= 11 is 0. The lowest BCUT2D eigenvalue weighted by Crippen LogP contribution is -2.29. The molecule has 0 aromatic heterocycles. The molecule has 104 valence electrons. The molecule has 0 radical (unpaired) electrons. The average Bonchev–Trinajstić information content (AvgIpc) is 2.52. The Bertz CT molecular complexity index is 555. The molecule has 4 nitrogen and oxygen atoms in total. The molecule has 2 rings (SSSR count). The third-order valence-corrected chi connectivity index (χ3v) is 2.94. The number of benzene rings is 2. The summed E-state index contributed by atoms with van der Waals surface area (Å²) in [5.74, 6) is 5.67. The maximum absolute atomic E-state index is 11.0. The van der Waals surface area contributed by atoms with Crippen molar-refractivity contribution in [1.29, 1.82) is 0 Å². The van der Waals surface area contributed by atoms with Crippen LogP contribution in [-0.4, -0.2) is 12.5 Å². The number of ether oxygens (including phenoxy) is 1. The summed E-state index contributed by atoms with van der Waals surface area (Å²) in [4.78, 5) is 11.0. The Morgan fingerprint density at radius 2 is 1.75 bits per heavy atom. The van der Waals surface area contributed by atoms with Gasteiger partial charge in [0.25, 0.3) is 0 Å². The summed E-state index contributed by atoms with van der Waals surface area (Å²) in [6.07, 6.45) is 0.996. The lowest BCUT2D eigenvalue weighted by Gasteiger charge is -2.11. The molecule has 0 saturated heterocycles. The van der Waals surface area contributed by atoms with Crippen molar-refractivity contribution >= 4 is 5.91 Å². The molecule has 0 heterocycles. The van der Waals surface area contributed by atoms with E-state index < -0.39 is 0 Å². The lowest BCUT2D eigenvalue weighted by atomic mass is 10.1. The average molecular weight is 270 g/mol. The second-order valence-corrected chi connectivity index (χ2v) is 4.38. The highest BCUT2D eigenvalue weighted by Crippen LogP contribution is 2.29. The molecule has 0 aliphatic heterocycles. The number of carbonyl (C=O) groups excluding carboxylic acids is 1. The molecule has 0 aliphatic rings. The Hall–Kier alpha value is -2.33. The zero-order chi connectivity index (χ0) is 14.2. The molecule has 0 spiro atoms. The summed E-state index contributed by atoms with van der Waals surface area (Å²) in [7, 11) is 0. The van der Waals surface area contributed by atoms with E-state index in [0.717, 1.165) is 16.9 Å². The molecule has 0 unspecified atom stereocenters. The topological polar surface area (TPSA) is 64.3 Å². The van der Waals surface area contributed by atoms with Crippen LogP contribution >= 0.6 is 0 Å². The van der Waals surface area contributed by atoms with Gasteiger partial charge < -0.3 is 4.74 Å². The predicted octanol–water partition coefficient (Wildman–Crippen LogP) is 2.50. The normalized spacial score (nSPS) is 10.1. The minimum atomic E-state index is -0.176. The maximum atomic E-state index is 11.0. The highest BCUT2D eigenvalue weighted by atomic mass is 16.5. The second-order valence-electron chi connectivity index (χ2n) is 4.38. The van der Waals surface area contributed by atoms with Crippen molar-refractivity contribution < 1.29 is 9.53 Å². The number of rotatable bonds is 6. The standard InChI is InChI=1S/C16H18N2O2/c17-18-16(19)11-6-12-20-15-10-5-4-9-14(15)13-7-2-1-3-8-13/h1-5,7-10H,6,11-12,17H2,(H,18,19). The van der Waals surface area contributed by atoms with Crippen molar-refractivity contribution in [2.24, 2.45) is 5.84 Å². The van der Waals surface area contributed by atoms with Gasteiger partial charge in [-0.05, 0) is 18.1 Å². The van der Waals surface area contributed by atoms with Gasteiger partial charge in [0.2, 0.25) is 5.91 Å². The van der Waals surface area contributed by atoms with Crippen molar-refractivity contribution in [3.63, 3.8) is 0 Å². The fourth-order valence-electron chi connectivity index (χ4n) is 1.94. The number of carbonyl (C=O) groups is 1. The van der Waals surface area contributed by atoms with E-state index in [4.69, 9.17) is 10.6 Å². The molecule has 3 N–H and O–H groups in total. The third-order valence-electron chi connectivity index (χ3n) is 2.94. The zero-order valence-electron chi connectivity index (χ0n) is 11.2. The molecule has 0 fully saturated rings. The predicted molar refractivity (Wildman–Crippen MR) is 78.9 cm³/mol. The van der Waals surface area contributed by atoms with Crippen molar-refractivity contribution in [1.82, 2.24) is 5.43 Å². The molecule has 0 aliphatic carbocycles. The largest absolute Gasteiger partial charge is 0.493 e. The molecule has 2 aromatic rings. The van der Waals surface area contributed by atoms with Gasteiger partial charge in [-0.25, -0.2) is 5.84 Å². The summed E-state index contributed by atoms with van der Waals surface area (Å²) in [6, 6.07) is 18.0. The first kappa shape index (κ1) is 14.1. The Morgan fingerprint density at radius 3 is 2.50 bits per heavy atom. The molecular weight excluding hydrogens is 252 g/mol. The fraction of sp³-hybridized carbons (Fsp3) is 0.188. The van der Waals surface area contributed by atoms with Crippen molar-refractivity contribution in [3.05, 3.63) is 54.6 Å². The molecule has 4 heteroatoms. The van der Waals surface area contributed by atoms with Gasteiger partial charge >= 0.3 is 0 Å². The molecule has 20 heavy (non-hydrogen) atoms. The summed E-state index contributed by atoms with van der Waals surface area (Å²) < 4.78 is 5.77. The molecule has 2 aromatic carbocycles. The van der Waals surface area contributed by atoms with Gasteiger partial charge in [-0.3, -0.25) is 10.2 Å². The van der Waals surface area contributed by atoms with Gasteiger partial charge in [-0.1, -0.05) is 48.5 Å². The first-order chi connectivity index (χ1) is 9.81. The van der Waals surface area contributed by atoms with Crippen LogP contribution in [0.2, 0.25) is 0 Å². The third kappa shape index (κ3) is 3.83. The molecule has 0 bridgehead atoms. The second kappa shape index (κ2) is 7.31. The van der Waals surface area contributed by atoms with Crippen LogP contribution in [0.25, 0.3) is 11.1 Å². The number of hydrazine groups is 1. The Kier molecular flexibility index (Phi) is 5.15. The van der Waals surface area contributed by atoms with E-state index in [1.165, 1.54) is 0 Å². The number of nitrogens with two attached hydrogens (primary N) is 1. The highest BCUT2D eigenvalue weighted by Gasteiger charge is 2.05. The minimum absolute atomic E-state index is 0.176. The lowest BCUT2D eigenvalue weighted by molar-refractivity contribution is -0.121. The number of hydrogen-bond donors (Lipinski definition) is 2. The van der Waals surface area contributed by atoms with Gasteiger partial charge in [0, 0.05) is 12.0 Å². The van der Waals surface area contributed by atoms with E-state index in [1.807, 2.05) is 54.6 Å². The Morgan fingerprint density at radius 1 is 1.05 bits per heavy atom. The van der Waals surface area contributed by atoms with E-state index >= 15 is 0 Å². The van der Waals surface area contributed by atoms with Crippen LogP contribution in [-0.2, 0) is 4.79 Å². The zero-order valence-corrected chi connectivity index (χ0v) is 11.2. The van der Waals surface area contributed by atoms with E-state index in [9.17, 15) is 4.79 Å². The van der Waals surface area contributed by atoms with Gasteiger partial charge in [0.05, 0.1) is 6.61 Å². The van der Waals surface area contributed by atoms with Gasteiger partial charge in [0.15, 0.2) is 0 Å². The first-order valence-corrected chi connectivity index (χ1v) is 6.58. The van der Waals surface area contributed by atoms with Gasteiger partial charge in [0.1, 0.15) is 5.75 Å². The summed E-state index contributed by atoms with van der Waals surface area (Å²) in [6.45, 7) is 0.483. The van der Waals surface area contributed by atoms with Crippen LogP contribution in [0.4, 0.5) is 0 Å². The van der Waals surface area contributed by atoms with Crippen molar-refractivity contribution in [2.45, 2.75) is 12.8 Å². The number of amides is 1. The number of hydrogen-bond acceptors (Lipinski definition) is 3. The molecule has 0 atom stereocenters. The van der Waals surface area contributed by atoms with Crippen LogP contribution in [0.5, 0.6) is 5.75 Å². The number of para-hydroxylation sites is 1.